The molecule has 2 N–H and O–H groups in total. The molecule has 1 aliphatic carbocycles. The third kappa shape index (κ3) is 3.71. The fourth-order valence-electron chi connectivity index (χ4n) is 3.33. The number of aromatic nitrogens is 1. The van der Waals surface area contributed by atoms with Crippen LogP contribution < -0.4 is 10.1 Å². The number of hydrogen-bond acceptors (Lipinski definition) is 4. The first-order valence-electron chi connectivity index (χ1n) is 9.66. The summed E-state index contributed by atoms with van der Waals surface area (Å²) in [5, 5.41) is 13.3. The zero-order chi connectivity index (χ0) is 19.6. The lowest BCUT2D eigenvalue weighted by Gasteiger charge is -2.14. The van der Waals surface area contributed by atoms with Crippen LogP contribution in [0.5, 0.6) is 5.75 Å². The van der Waals surface area contributed by atoms with Crippen molar-refractivity contribution in [3.05, 3.63) is 60.2 Å². The number of carbonyl (C=O) groups is 1. The quantitative estimate of drug-likeness (QED) is 0.658. The molecular formula is C23H24N2O3. The third-order valence-corrected chi connectivity index (χ3v) is 5.34. The van der Waals surface area contributed by atoms with E-state index >= 15 is 0 Å². The summed E-state index contributed by atoms with van der Waals surface area (Å²) < 4.78 is 5.50. The molecule has 1 amide bonds. The maximum atomic E-state index is 12.9. The second-order valence-corrected chi connectivity index (χ2v) is 7.37. The molecule has 28 heavy (non-hydrogen) atoms. The fourth-order valence-corrected chi connectivity index (χ4v) is 3.33. The van der Waals surface area contributed by atoms with Crippen molar-refractivity contribution in [2.45, 2.75) is 19.8 Å². The highest BCUT2D eigenvalue weighted by atomic mass is 16.5. The van der Waals surface area contributed by atoms with Crippen LogP contribution in [0.3, 0.4) is 0 Å². The molecule has 5 nitrogen and oxygen atoms in total. The summed E-state index contributed by atoms with van der Waals surface area (Å²) in [7, 11) is 0. The Bertz CT molecular complexity index is 994. The summed E-state index contributed by atoms with van der Waals surface area (Å²) >= 11 is 0. The largest absolute Gasteiger partial charge is 0.494 e. The number of nitrogens with one attached hydrogen (secondary N) is 1. The Morgan fingerprint density at radius 3 is 2.61 bits per heavy atom. The van der Waals surface area contributed by atoms with E-state index in [9.17, 15) is 9.90 Å². The van der Waals surface area contributed by atoms with Crippen LogP contribution >= 0.6 is 0 Å². The molecule has 1 aromatic heterocycles. The lowest BCUT2D eigenvalue weighted by Crippen LogP contribution is -2.32. The molecule has 2 aromatic carbocycles. The maximum Gasteiger partial charge on any atom is 0.252 e. The van der Waals surface area contributed by atoms with Gasteiger partial charge in [0, 0.05) is 22.9 Å². The Morgan fingerprint density at radius 1 is 1.18 bits per heavy atom. The molecule has 0 bridgehead atoms. The van der Waals surface area contributed by atoms with Gasteiger partial charge in [0.05, 0.1) is 30.0 Å². The number of para-hydroxylation sites is 1. The topological polar surface area (TPSA) is 71.5 Å². The van der Waals surface area contributed by atoms with E-state index in [0.717, 1.165) is 40.8 Å². The number of pyridine rings is 1. The van der Waals surface area contributed by atoms with Crippen LogP contribution in [0.1, 0.15) is 30.1 Å². The second-order valence-electron chi connectivity index (χ2n) is 7.37. The van der Waals surface area contributed by atoms with Crippen molar-refractivity contribution < 1.29 is 14.6 Å². The Labute approximate surface area is 164 Å². The molecule has 0 unspecified atom stereocenters. The molecule has 1 fully saturated rings. The van der Waals surface area contributed by atoms with E-state index in [1.165, 1.54) is 0 Å². The molecular weight excluding hydrogens is 352 g/mol. The summed E-state index contributed by atoms with van der Waals surface area (Å²) in [4.78, 5) is 17.7. The van der Waals surface area contributed by atoms with Crippen molar-refractivity contribution in [2.24, 2.45) is 5.41 Å². The van der Waals surface area contributed by atoms with E-state index in [1.54, 1.807) is 0 Å². The lowest BCUT2D eigenvalue weighted by atomic mass is 10.0. The van der Waals surface area contributed by atoms with E-state index in [1.807, 2.05) is 61.5 Å². The van der Waals surface area contributed by atoms with Gasteiger partial charge in [-0.3, -0.25) is 4.79 Å². The van der Waals surface area contributed by atoms with Crippen LogP contribution in [0.25, 0.3) is 22.2 Å². The SMILES string of the molecule is CCOc1ccc(-c2cc(C(=O)NCC3(CO)CC3)c3ccccc3n2)cc1. The second kappa shape index (κ2) is 7.60. The van der Waals surface area contributed by atoms with Crippen LogP contribution in [-0.4, -0.2) is 35.8 Å². The van der Waals surface area contributed by atoms with E-state index in [-0.39, 0.29) is 17.9 Å². The number of aliphatic hydroxyl groups excluding tert-OH is 1. The van der Waals surface area contributed by atoms with E-state index < -0.39 is 0 Å². The van der Waals surface area contributed by atoms with Crippen LogP contribution in [0.2, 0.25) is 0 Å². The third-order valence-electron chi connectivity index (χ3n) is 5.34. The van der Waals surface area contributed by atoms with Crippen LogP contribution in [0.15, 0.2) is 54.6 Å². The van der Waals surface area contributed by atoms with Crippen molar-refractivity contribution in [3.8, 4) is 17.0 Å². The number of ether oxygens (including phenoxy) is 1. The van der Waals surface area contributed by atoms with Crippen LogP contribution in [-0.2, 0) is 0 Å². The Morgan fingerprint density at radius 2 is 1.93 bits per heavy atom. The monoisotopic (exact) mass is 376 g/mol. The lowest BCUT2D eigenvalue weighted by molar-refractivity contribution is 0.0937. The first-order valence-corrected chi connectivity index (χ1v) is 9.66. The average molecular weight is 376 g/mol. The molecule has 0 aliphatic heterocycles. The van der Waals surface area contributed by atoms with Crippen LogP contribution in [0, 0.1) is 5.41 Å². The van der Waals surface area contributed by atoms with Gasteiger partial charge in [-0.2, -0.15) is 0 Å². The highest BCUT2D eigenvalue weighted by Crippen LogP contribution is 2.44. The number of aliphatic hydroxyl groups is 1. The van der Waals surface area contributed by atoms with Crippen molar-refractivity contribution >= 4 is 16.8 Å². The molecule has 0 radical (unpaired) electrons. The minimum absolute atomic E-state index is 0.113. The zero-order valence-corrected chi connectivity index (χ0v) is 15.9. The predicted octanol–water partition coefficient (Wildman–Crippen LogP) is 3.80. The molecule has 3 aromatic rings. The summed E-state index contributed by atoms with van der Waals surface area (Å²) in [5.74, 6) is 0.675. The van der Waals surface area contributed by atoms with Gasteiger partial charge in [0.2, 0.25) is 0 Å². The molecule has 1 aliphatic rings. The summed E-state index contributed by atoms with van der Waals surface area (Å²) in [5.41, 5.74) is 2.93. The molecule has 0 atom stereocenters. The molecule has 0 spiro atoms. The van der Waals surface area contributed by atoms with Gasteiger partial charge in [0.25, 0.3) is 5.91 Å². The number of hydrogen-bond donors (Lipinski definition) is 2. The minimum atomic E-state index is -0.134. The standard InChI is InChI=1S/C23H24N2O3/c1-2-28-17-9-7-16(8-10-17)21-13-19(18-5-3-4-6-20(18)25-21)22(27)24-14-23(15-26)11-12-23/h3-10,13,26H,2,11-12,14-15H2,1H3,(H,24,27). The minimum Gasteiger partial charge on any atom is -0.494 e. The van der Waals surface area contributed by atoms with Gasteiger partial charge in [-0.1, -0.05) is 18.2 Å². The number of fused-ring (bicyclic) bond motifs is 1. The average Bonchev–Trinajstić information content (AvgIpc) is 3.52. The molecule has 1 saturated carbocycles. The summed E-state index contributed by atoms with van der Waals surface area (Å²) in [6, 6.07) is 17.2. The molecule has 4 rings (SSSR count). The van der Waals surface area contributed by atoms with Crippen molar-refractivity contribution in [2.75, 3.05) is 19.8 Å². The van der Waals surface area contributed by atoms with Gasteiger partial charge in [-0.05, 0) is 56.2 Å². The van der Waals surface area contributed by atoms with Gasteiger partial charge in [-0.15, -0.1) is 0 Å². The summed E-state index contributed by atoms with van der Waals surface area (Å²) in [6.45, 7) is 3.18. The Hall–Kier alpha value is -2.92. The molecule has 5 heteroatoms. The van der Waals surface area contributed by atoms with Gasteiger partial charge < -0.3 is 15.2 Å². The first-order chi connectivity index (χ1) is 13.6. The number of amides is 1. The van der Waals surface area contributed by atoms with Crippen molar-refractivity contribution in [1.29, 1.82) is 0 Å². The smallest absolute Gasteiger partial charge is 0.252 e. The first kappa shape index (κ1) is 18.4. The van der Waals surface area contributed by atoms with Gasteiger partial charge in [0.1, 0.15) is 5.75 Å². The molecule has 0 saturated heterocycles. The van der Waals surface area contributed by atoms with Crippen LogP contribution in [0.4, 0.5) is 0 Å². The molecule has 1 heterocycles. The van der Waals surface area contributed by atoms with Crippen molar-refractivity contribution in [1.82, 2.24) is 10.3 Å². The fraction of sp³-hybridized carbons (Fsp3) is 0.304. The highest BCUT2D eigenvalue weighted by molar-refractivity contribution is 6.07. The van der Waals surface area contributed by atoms with Gasteiger partial charge in [-0.25, -0.2) is 4.98 Å². The zero-order valence-electron chi connectivity index (χ0n) is 15.9. The van der Waals surface area contributed by atoms with Gasteiger partial charge >= 0.3 is 0 Å². The van der Waals surface area contributed by atoms with Crippen molar-refractivity contribution in [3.63, 3.8) is 0 Å². The number of benzene rings is 2. The normalized spacial score (nSPS) is 14.6. The molecule has 144 valence electrons. The van der Waals surface area contributed by atoms with E-state index in [0.29, 0.717) is 18.7 Å². The number of rotatable bonds is 7. The highest BCUT2D eigenvalue weighted by Gasteiger charge is 2.42. The van der Waals surface area contributed by atoms with E-state index in [2.05, 4.69) is 5.32 Å². The number of nitrogens with zero attached hydrogens (tertiary/aromatic N) is 1. The Balaban J connectivity index is 1.68. The van der Waals surface area contributed by atoms with Gasteiger partial charge in [0.15, 0.2) is 0 Å². The maximum absolute atomic E-state index is 12.9. The Kier molecular flexibility index (Phi) is 5.01. The predicted molar refractivity (Wildman–Crippen MR) is 109 cm³/mol. The number of carbonyl (C=O) groups excluding carboxylic acids is 1. The van der Waals surface area contributed by atoms with E-state index in [4.69, 9.17) is 9.72 Å². The summed E-state index contributed by atoms with van der Waals surface area (Å²) in [6.07, 6.45) is 1.91.